The zero-order chi connectivity index (χ0) is 22.0. The van der Waals surface area contributed by atoms with Crippen molar-refractivity contribution in [2.75, 3.05) is 16.4 Å². The van der Waals surface area contributed by atoms with Crippen LogP contribution in [-0.4, -0.2) is 31.4 Å². The average Bonchev–Trinajstić information content (AvgIpc) is 3.17. The van der Waals surface area contributed by atoms with Crippen molar-refractivity contribution >= 4 is 29.3 Å². The highest BCUT2D eigenvalue weighted by atomic mass is 32.2. The number of hydrogen-bond acceptors (Lipinski definition) is 6. The van der Waals surface area contributed by atoms with Gasteiger partial charge in [-0.2, -0.15) is 4.98 Å². The van der Waals surface area contributed by atoms with Crippen LogP contribution in [0.15, 0.2) is 59.2 Å². The van der Waals surface area contributed by atoms with Gasteiger partial charge in [0.2, 0.25) is 11.1 Å². The zero-order valence-electron chi connectivity index (χ0n) is 18.1. The highest BCUT2D eigenvalue weighted by Crippen LogP contribution is 2.36. The normalized spacial score (nSPS) is 15.4. The van der Waals surface area contributed by atoms with E-state index in [-0.39, 0.29) is 5.91 Å². The van der Waals surface area contributed by atoms with Crippen LogP contribution in [0.1, 0.15) is 43.0 Å². The third-order valence-electron chi connectivity index (χ3n) is 5.37. The molecular formula is C23H26N6OS. The van der Waals surface area contributed by atoms with Crippen molar-refractivity contribution in [3.8, 4) is 0 Å². The van der Waals surface area contributed by atoms with Crippen LogP contribution in [0.3, 0.4) is 0 Å². The van der Waals surface area contributed by atoms with E-state index in [0.717, 1.165) is 40.2 Å². The minimum atomic E-state index is -0.418. The van der Waals surface area contributed by atoms with E-state index < -0.39 is 6.04 Å². The van der Waals surface area contributed by atoms with Crippen LogP contribution >= 0.6 is 11.8 Å². The van der Waals surface area contributed by atoms with Gasteiger partial charge in [-0.15, -0.1) is 5.10 Å². The van der Waals surface area contributed by atoms with Gasteiger partial charge in [0.15, 0.2) is 0 Å². The summed E-state index contributed by atoms with van der Waals surface area (Å²) >= 11 is 1.61. The van der Waals surface area contributed by atoms with Crippen molar-refractivity contribution in [1.82, 2.24) is 19.7 Å². The fraction of sp³-hybridized carbons (Fsp3) is 0.304. The van der Waals surface area contributed by atoms with Crippen LogP contribution in [0.5, 0.6) is 0 Å². The topological polar surface area (TPSA) is 84.7 Å². The lowest BCUT2D eigenvalue weighted by Crippen LogP contribution is -2.31. The van der Waals surface area contributed by atoms with Crippen LogP contribution in [0.25, 0.3) is 0 Å². The monoisotopic (exact) mass is 434 g/mol. The molecule has 4 rings (SSSR count). The highest BCUT2D eigenvalue weighted by Gasteiger charge is 2.34. The van der Waals surface area contributed by atoms with Crippen molar-refractivity contribution in [2.24, 2.45) is 0 Å². The first-order chi connectivity index (χ1) is 15.0. The summed E-state index contributed by atoms with van der Waals surface area (Å²) < 4.78 is 1.79. The molecule has 31 heavy (non-hydrogen) atoms. The van der Waals surface area contributed by atoms with Gasteiger partial charge in [-0.3, -0.25) is 9.78 Å². The number of rotatable bonds is 6. The van der Waals surface area contributed by atoms with Crippen LogP contribution in [0.4, 0.5) is 11.6 Å². The summed E-state index contributed by atoms with van der Waals surface area (Å²) in [5, 5.41) is 11.8. The molecule has 1 amide bonds. The maximum Gasteiger partial charge on any atom is 0.255 e. The molecule has 1 unspecified atom stereocenters. The van der Waals surface area contributed by atoms with Crippen molar-refractivity contribution in [3.05, 3.63) is 70.7 Å². The van der Waals surface area contributed by atoms with Crippen LogP contribution in [-0.2, 0) is 4.79 Å². The van der Waals surface area contributed by atoms with Gasteiger partial charge in [0.25, 0.3) is 5.91 Å². The number of thioether (sulfide) groups is 1. The van der Waals surface area contributed by atoms with Gasteiger partial charge < -0.3 is 10.6 Å². The zero-order valence-corrected chi connectivity index (χ0v) is 19.0. The SMILES string of the molecule is CCCSc1nc2n(n1)C(c1cccnc1)C(C(=O)Nc1cccc(C)c1C)=C(C)N2. The number of carbonyl (C=O) groups excluding carboxylic acids is 1. The Morgan fingerprint density at radius 1 is 1.23 bits per heavy atom. The van der Waals surface area contributed by atoms with E-state index in [0.29, 0.717) is 16.7 Å². The number of carbonyl (C=O) groups is 1. The largest absolute Gasteiger partial charge is 0.328 e. The van der Waals surface area contributed by atoms with Gasteiger partial charge in [0.05, 0.1) is 5.57 Å². The summed E-state index contributed by atoms with van der Waals surface area (Å²) in [6, 6.07) is 9.32. The molecular weight excluding hydrogens is 408 g/mol. The van der Waals surface area contributed by atoms with Crippen LogP contribution < -0.4 is 10.6 Å². The maximum atomic E-state index is 13.5. The fourth-order valence-corrected chi connectivity index (χ4v) is 4.29. The molecule has 1 aliphatic heterocycles. The third-order valence-corrected chi connectivity index (χ3v) is 6.41. The first-order valence-corrected chi connectivity index (χ1v) is 11.3. The molecule has 1 aromatic carbocycles. The lowest BCUT2D eigenvalue weighted by atomic mass is 9.96. The van der Waals surface area contributed by atoms with Gasteiger partial charge in [0.1, 0.15) is 6.04 Å². The number of fused-ring (bicyclic) bond motifs is 1. The van der Waals surface area contributed by atoms with E-state index in [1.165, 1.54) is 0 Å². The predicted octanol–water partition coefficient (Wildman–Crippen LogP) is 4.72. The second kappa shape index (κ2) is 8.93. The molecule has 0 aliphatic carbocycles. The minimum absolute atomic E-state index is 0.170. The summed E-state index contributed by atoms with van der Waals surface area (Å²) in [5.74, 6) is 1.40. The van der Waals surface area contributed by atoms with Gasteiger partial charge in [0, 0.05) is 29.5 Å². The number of aromatic nitrogens is 4. The number of anilines is 2. The van der Waals surface area contributed by atoms with Crippen molar-refractivity contribution in [3.63, 3.8) is 0 Å². The molecule has 8 heteroatoms. The van der Waals surface area contributed by atoms with E-state index in [1.807, 2.05) is 51.1 Å². The first kappa shape index (κ1) is 21.1. The summed E-state index contributed by atoms with van der Waals surface area (Å²) in [6.07, 6.45) is 4.54. The van der Waals surface area contributed by atoms with Gasteiger partial charge >= 0.3 is 0 Å². The Labute approximate surface area is 186 Å². The Hall–Kier alpha value is -3.13. The Morgan fingerprint density at radius 3 is 2.81 bits per heavy atom. The predicted molar refractivity (Wildman–Crippen MR) is 124 cm³/mol. The summed E-state index contributed by atoms with van der Waals surface area (Å²) in [6.45, 7) is 8.07. The molecule has 160 valence electrons. The Bertz CT molecular complexity index is 1140. The van der Waals surface area contributed by atoms with Gasteiger partial charge in [-0.05, 0) is 56.0 Å². The Balaban J connectivity index is 1.75. The van der Waals surface area contributed by atoms with E-state index in [4.69, 9.17) is 5.10 Å². The molecule has 0 saturated heterocycles. The fourth-order valence-electron chi connectivity index (χ4n) is 3.60. The number of allylic oxidation sites excluding steroid dienone is 1. The molecule has 0 fully saturated rings. The lowest BCUT2D eigenvalue weighted by molar-refractivity contribution is -0.113. The van der Waals surface area contributed by atoms with Gasteiger partial charge in [-0.1, -0.05) is 36.9 Å². The number of hydrogen-bond donors (Lipinski definition) is 2. The summed E-state index contributed by atoms with van der Waals surface area (Å²) in [5.41, 5.74) is 5.22. The number of nitrogens with one attached hydrogen (secondary N) is 2. The summed E-state index contributed by atoms with van der Waals surface area (Å²) in [7, 11) is 0. The second-order valence-electron chi connectivity index (χ2n) is 7.57. The molecule has 1 atom stereocenters. The molecule has 0 spiro atoms. The number of amides is 1. The molecule has 3 heterocycles. The van der Waals surface area contributed by atoms with Crippen LogP contribution in [0.2, 0.25) is 0 Å². The van der Waals surface area contributed by atoms with E-state index in [1.54, 1.807) is 28.8 Å². The van der Waals surface area contributed by atoms with E-state index in [9.17, 15) is 4.79 Å². The molecule has 3 aromatic rings. The Kier molecular flexibility index (Phi) is 6.08. The molecule has 1 aliphatic rings. The number of nitrogens with zero attached hydrogens (tertiary/aromatic N) is 4. The highest BCUT2D eigenvalue weighted by molar-refractivity contribution is 7.99. The average molecular weight is 435 g/mol. The summed E-state index contributed by atoms with van der Waals surface area (Å²) in [4.78, 5) is 22.4. The van der Waals surface area contributed by atoms with Crippen LogP contribution in [0, 0.1) is 13.8 Å². The third kappa shape index (κ3) is 4.20. The maximum absolute atomic E-state index is 13.5. The standard InChI is InChI=1S/C23H26N6OS/c1-5-12-31-23-27-22-25-16(4)19(20(29(22)28-23)17-9-7-11-24-13-17)21(30)26-18-10-6-8-14(2)15(18)3/h6-11,13,20H,5,12H2,1-4H3,(H,26,30)(H,25,27,28). The molecule has 2 aromatic heterocycles. The molecule has 0 bridgehead atoms. The molecule has 0 radical (unpaired) electrons. The Morgan fingerprint density at radius 2 is 2.06 bits per heavy atom. The van der Waals surface area contributed by atoms with Crippen molar-refractivity contribution in [2.45, 2.75) is 45.3 Å². The number of benzene rings is 1. The van der Waals surface area contributed by atoms with E-state index in [2.05, 4.69) is 27.5 Å². The van der Waals surface area contributed by atoms with Gasteiger partial charge in [-0.25, -0.2) is 4.68 Å². The number of aryl methyl sites for hydroxylation is 1. The molecule has 0 saturated carbocycles. The quantitative estimate of drug-likeness (QED) is 0.546. The van der Waals surface area contributed by atoms with E-state index >= 15 is 0 Å². The molecule has 7 nitrogen and oxygen atoms in total. The second-order valence-corrected chi connectivity index (χ2v) is 8.63. The molecule has 2 N–H and O–H groups in total. The minimum Gasteiger partial charge on any atom is -0.328 e. The lowest BCUT2D eigenvalue weighted by Gasteiger charge is -2.28. The smallest absolute Gasteiger partial charge is 0.255 e. The number of pyridine rings is 1. The van der Waals surface area contributed by atoms with Crippen molar-refractivity contribution in [1.29, 1.82) is 0 Å². The van der Waals surface area contributed by atoms with Crippen molar-refractivity contribution < 1.29 is 4.79 Å². The first-order valence-electron chi connectivity index (χ1n) is 10.3.